The lowest BCUT2D eigenvalue weighted by molar-refractivity contribution is 0.0881. The Morgan fingerprint density at radius 1 is 1.23 bits per heavy atom. The fourth-order valence-electron chi connectivity index (χ4n) is 2.13. The Morgan fingerprint density at radius 3 is 2.59 bits per heavy atom. The molecule has 0 aliphatic rings. The predicted molar refractivity (Wildman–Crippen MR) is 86.0 cm³/mol. The highest BCUT2D eigenvalue weighted by atomic mass is 16.5. The second kappa shape index (κ2) is 7.73. The standard InChI is InChI=1S/C17H23N3O2/c1-4-5-7-12-15(21)20-16(14-10-8-6-9-11-14)18-17(19-20)22-13(2)3/h6,8-11,13H,4-5,7,12H2,1-3H3. The third-order valence-corrected chi connectivity index (χ3v) is 3.19. The van der Waals surface area contributed by atoms with E-state index in [1.54, 1.807) is 0 Å². The summed E-state index contributed by atoms with van der Waals surface area (Å²) >= 11 is 0. The zero-order valence-corrected chi connectivity index (χ0v) is 13.5. The molecule has 5 heteroatoms. The molecule has 0 aliphatic heterocycles. The topological polar surface area (TPSA) is 57.0 Å². The summed E-state index contributed by atoms with van der Waals surface area (Å²) in [5.74, 6) is 0.496. The minimum atomic E-state index is -0.0431. The zero-order chi connectivity index (χ0) is 15.9. The fourth-order valence-corrected chi connectivity index (χ4v) is 2.13. The first-order valence-corrected chi connectivity index (χ1v) is 7.84. The van der Waals surface area contributed by atoms with E-state index in [4.69, 9.17) is 4.74 Å². The van der Waals surface area contributed by atoms with Crippen molar-refractivity contribution in [3.05, 3.63) is 30.3 Å². The van der Waals surface area contributed by atoms with Gasteiger partial charge in [-0.1, -0.05) is 50.1 Å². The van der Waals surface area contributed by atoms with Crippen molar-refractivity contribution in [3.63, 3.8) is 0 Å². The van der Waals surface area contributed by atoms with Crippen molar-refractivity contribution in [1.29, 1.82) is 0 Å². The molecular weight excluding hydrogens is 278 g/mol. The molecule has 5 nitrogen and oxygen atoms in total. The number of unbranched alkanes of at least 4 members (excludes halogenated alkanes) is 2. The van der Waals surface area contributed by atoms with E-state index in [0.717, 1.165) is 24.8 Å². The number of benzene rings is 1. The van der Waals surface area contributed by atoms with Crippen molar-refractivity contribution < 1.29 is 9.53 Å². The maximum atomic E-state index is 12.4. The van der Waals surface area contributed by atoms with E-state index in [9.17, 15) is 4.79 Å². The molecule has 0 amide bonds. The molecule has 0 spiro atoms. The van der Waals surface area contributed by atoms with Crippen molar-refractivity contribution in [2.24, 2.45) is 0 Å². The van der Waals surface area contributed by atoms with Gasteiger partial charge < -0.3 is 4.74 Å². The summed E-state index contributed by atoms with van der Waals surface area (Å²) in [6.07, 6.45) is 3.42. The third kappa shape index (κ3) is 4.16. The van der Waals surface area contributed by atoms with Crippen LogP contribution in [0.3, 0.4) is 0 Å². The number of ether oxygens (including phenoxy) is 1. The highest BCUT2D eigenvalue weighted by Gasteiger charge is 2.18. The van der Waals surface area contributed by atoms with E-state index in [0.29, 0.717) is 12.2 Å². The summed E-state index contributed by atoms with van der Waals surface area (Å²) in [6, 6.07) is 9.84. The average molecular weight is 301 g/mol. The average Bonchev–Trinajstić information content (AvgIpc) is 2.91. The summed E-state index contributed by atoms with van der Waals surface area (Å²) in [5.41, 5.74) is 0.859. The molecule has 118 valence electrons. The van der Waals surface area contributed by atoms with Crippen molar-refractivity contribution in [1.82, 2.24) is 14.8 Å². The first kappa shape index (κ1) is 16.2. The van der Waals surface area contributed by atoms with Gasteiger partial charge in [-0.2, -0.15) is 9.67 Å². The number of hydrogen-bond acceptors (Lipinski definition) is 4. The lowest BCUT2D eigenvalue weighted by Gasteiger charge is -2.04. The lowest BCUT2D eigenvalue weighted by Crippen LogP contribution is -2.14. The minimum Gasteiger partial charge on any atom is -0.460 e. The molecule has 1 heterocycles. The van der Waals surface area contributed by atoms with Gasteiger partial charge in [0.05, 0.1) is 6.10 Å². The van der Waals surface area contributed by atoms with Gasteiger partial charge in [0, 0.05) is 12.0 Å². The predicted octanol–water partition coefficient (Wildman–Crippen LogP) is 3.95. The van der Waals surface area contributed by atoms with Gasteiger partial charge >= 0.3 is 6.01 Å². The SMILES string of the molecule is CCCCCC(=O)n1nc(OC(C)C)nc1-c1ccccc1. The van der Waals surface area contributed by atoms with Crippen molar-refractivity contribution in [2.75, 3.05) is 0 Å². The Balaban J connectivity index is 2.29. The molecule has 0 saturated heterocycles. The van der Waals surface area contributed by atoms with Gasteiger partial charge in [0.25, 0.3) is 0 Å². The Bertz CT molecular complexity index is 606. The number of rotatable bonds is 7. The van der Waals surface area contributed by atoms with Gasteiger partial charge in [-0.25, -0.2) is 0 Å². The summed E-state index contributed by atoms with van der Waals surface area (Å²) in [7, 11) is 0. The Hall–Kier alpha value is -2.17. The van der Waals surface area contributed by atoms with E-state index in [2.05, 4.69) is 17.0 Å². The number of aromatic nitrogens is 3. The van der Waals surface area contributed by atoms with Crippen LogP contribution < -0.4 is 4.74 Å². The summed E-state index contributed by atoms with van der Waals surface area (Å²) in [4.78, 5) is 16.8. The van der Waals surface area contributed by atoms with Gasteiger partial charge in [0.2, 0.25) is 5.91 Å². The molecular formula is C17H23N3O2. The summed E-state index contributed by atoms with van der Waals surface area (Å²) < 4.78 is 6.92. The molecule has 0 aliphatic carbocycles. The number of carbonyl (C=O) groups is 1. The Labute approximate surface area is 131 Å². The van der Waals surface area contributed by atoms with Crippen LogP contribution in [0.4, 0.5) is 0 Å². The smallest absolute Gasteiger partial charge is 0.336 e. The first-order valence-electron chi connectivity index (χ1n) is 7.84. The molecule has 2 aromatic rings. The molecule has 0 N–H and O–H groups in total. The molecule has 0 bridgehead atoms. The molecule has 0 unspecified atom stereocenters. The number of nitrogens with zero attached hydrogens (tertiary/aromatic N) is 3. The van der Waals surface area contributed by atoms with Crippen molar-refractivity contribution >= 4 is 5.91 Å². The Kier molecular flexibility index (Phi) is 5.69. The second-order valence-electron chi connectivity index (χ2n) is 5.51. The second-order valence-corrected chi connectivity index (χ2v) is 5.51. The minimum absolute atomic E-state index is 0.0327. The maximum absolute atomic E-state index is 12.4. The van der Waals surface area contributed by atoms with Gasteiger partial charge in [-0.05, 0) is 20.3 Å². The largest absolute Gasteiger partial charge is 0.460 e. The normalized spacial score (nSPS) is 10.9. The van der Waals surface area contributed by atoms with Gasteiger partial charge in [-0.3, -0.25) is 4.79 Å². The highest BCUT2D eigenvalue weighted by Crippen LogP contribution is 2.21. The maximum Gasteiger partial charge on any atom is 0.336 e. The van der Waals surface area contributed by atoms with Crippen LogP contribution in [0.15, 0.2) is 30.3 Å². The van der Waals surface area contributed by atoms with Crippen molar-refractivity contribution in [3.8, 4) is 17.4 Å². The van der Waals surface area contributed by atoms with Crippen molar-refractivity contribution in [2.45, 2.75) is 52.6 Å². The molecule has 1 aromatic heterocycles. The van der Waals surface area contributed by atoms with E-state index in [1.165, 1.54) is 4.68 Å². The van der Waals surface area contributed by atoms with E-state index < -0.39 is 0 Å². The van der Waals surface area contributed by atoms with Crippen LogP contribution in [-0.2, 0) is 0 Å². The lowest BCUT2D eigenvalue weighted by atomic mass is 10.2. The Morgan fingerprint density at radius 2 is 1.95 bits per heavy atom. The van der Waals surface area contributed by atoms with Crippen LogP contribution in [-0.4, -0.2) is 26.8 Å². The number of hydrogen-bond donors (Lipinski definition) is 0. The molecule has 1 aromatic carbocycles. The fraction of sp³-hybridized carbons (Fsp3) is 0.471. The van der Waals surface area contributed by atoms with E-state index in [1.807, 2.05) is 44.2 Å². The van der Waals surface area contributed by atoms with Crippen LogP contribution >= 0.6 is 0 Å². The monoisotopic (exact) mass is 301 g/mol. The van der Waals surface area contributed by atoms with E-state index in [-0.39, 0.29) is 18.0 Å². The third-order valence-electron chi connectivity index (χ3n) is 3.19. The van der Waals surface area contributed by atoms with E-state index >= 15 is 0 Å². The van der Waals surface area contributed by atoms with Gasteiger partial charge in [-0.15, -0.1) is 5.10 Å². The molecule has 22 heavy (non-hydrogen) atoms. The molecule has 0 radical (unpaired) electrons. The van der Waals surface area contributed by atoms with Gasteiger partial charge in [0.15, 0.2) is 5.82 Å². The molecule has 0 atom stereocenters. The zero-order valence-electron chi connectivity index (χ0n) is 13.5. The van der Waals surface area contributed by atoms with Crippen LogP contribution in [0.2, 0.25) is 0 Å². The summed E-state index contributed by atoms with van der Waals surface area (Å²) in [6.45, 7) is 5.93. The van der Waals surface area contributed by atoms with Crippen LogP contribution in [0, 0.1) is 0 Å². The quantitative estimate of drug-likeness (QED) is 0.726. The molecule has 2 rings (SSSR count). The highest BCUT2D eigenvalue weighted by molar-refractivity contribution is 5.82. The summed E-state index contributed by atoms with van der Waals surface area (Å²) in [5, 5.41) is 4.24. The van der Waals surface area contributed by atoms with Gasteiger partial charge in [0.1, 0.15) is 0 Å². The van der Waals surface area contributed by atoms with Crippen LogP contribution in [0.25, 0.3) is 11.4 Å². The molecule has 0 saturated carbocycles. The van der Waals surface area contributed by atoms with Crippen LogP contribution in [0.1, 0.15) is 51.2 Å². The van der Waals surface area contributed by atoms with Crippen LogP contribution in [0.5, 0.6) is 6.01 Å². The molecule has 0 fully saturated rings. The number of carbonyl (C=O) groups excluding carboxylic acids is 1. The first-order chi connectivity index (χ1) is 10.6.